The maximum absolute atomic E-state index is 14.0. The Morgan fingerprint density at radius 2 is 1.48 bits per heavy atom. The monoisotopic (exact) mass is 440 g/mol. The molecule has 5 nitrogen and oxygen atoms in total. The smallest absolute Gasteiger partial charge is 0.196 e. The molecule has 1 fully saturated rings. The maximum Gasteiger partial charge on any atom is 0.196 e. The van der Waals surface area contributed by atoms with Crippen LogP contribution in [-0.4, -0.2) is 54.7 Å². The number of benzene rings is 3. The molecule has 1 unspecified atom stereocenters. The fourth-order valence-corrected chi connectivity index (χ4v) is 5.21. The van der Waals surface area contributed by atoms with Crippen molar-refractivity contribution in [2.24, 2.45) is 0 Å². The first-order chi connectivity index (χ1) is 16.1. The van der Waals surface area contributed by atoms with Crippen LogP contribution in [0, 0.1) is 6.92 Å². The van der Waals surface area contributed by atoms with Gasteiger partial charge in [0.05, 0.1) is 7.11 Å². The van der Waals surface area contributed by atoms with E-state index in [1.165, 1.54) is 11.1 Å². The van der Waals surface area contributed by atoms with Crippen molar-refractivity contribution in [3.8, 4) is 5.75 Å². The van der Waals surface area contributed by atoms with E-state index in [0.717, 1.165) is 25.2 Å². The molecule has 0 saturated carbocycles. The molecule has 33 heavy (non-hydrogen) atoms. The lowest BCUT2D eigenvalue weighted by atomic mass is 9.82. The number of hydrogen-bond donors (Lipinski definition) is 0. The molecule has 3 aromatic rings. The molecule has 1 aliphatic heterocycles. The fraction of sp³-hybridized carbons (Fsp3) is 0.286. The van der Waals surface area contributed by atoms with Crippen LogP contribution in [-0.2, 0) is 12.1 Å². The summed E-state index contributed by atoms with van der Waals surface area (Å²) in [6.07, 6.45) is 0. The van der Waals surface area contributed by atoms with Crippen LogP contribution in [0.3, 0.4) is 0 Å². The van der Waals surface area contributed by atoms with Gasteiger partial charge in [-0.05, 0) is 41.8 Å². The molecule has 1 aliphatic carbocycles. The van der Waals surface area contributed by atoms with Crippen molar-refractivity contribution in [1.82, 2.24) is 9.80 Å². The Hall–Kier alpha value is -3.28. The fourth-order valence-electron chi connectivity index (χ4n) is 5.21. The zero-order valence-electron chi connectivity index (χ0n) is 19.1. The quantitative estimate of drug-likeness (QED) is 0.559. The molecule has 0 radical (unpaired) electrons. The van der Waals surface area contributed by atoms with Crippen LogP contribution in [0.25, 0.3) is 0 Å². The number of nitrogens with zero attached hydrogens (tertiary/aromatic N) is 2. The van der Waals surface area contributed by atoms with E-state index in [1.807, 2.05) is 30.3 Å². The van der Waals surface area contributed by atoms with Crippen molar-refractivity contribution in [2.45, 2.75) is 19.0 Å². The molecule has 0 bridgehead atoms. The highest BCUT2D eigenvalue weighted by Gasteiger charge is 2.58. The first kappa shape index (κ1) is 21.6. The number of Topliss-reactive ketones (excluding diaryl/α,β-unsaturated/α-hetero) is 2. The van der Waals surface area contributed by atoms with Gasteiger partial charge >= 0.3 is 0 Å². The highest BCUT2D eigenvalue weighted by Crippen LogP contribution is 2.43. The van der Waals surface area contributed by atoms with Gasteiger partial charge in [0, 0.05) is 43.9 Å². The molecule has 3 aromatic carbocycles. The Morgan fingerprint density at radius 3 is 2.18 bits per heavy atom. The van der Waals surface area contributed by atoms with Crippen LogP contribution in [0.2, 0.25) is 0 Å². The van der Waals surface area contributed by atoms with E-state index in [2.05, 4.69) is 41.0 Å². The van der Waals surface area contributed by atoms with Gasteiger partial charge in [-0.15, -0.1) is 0 Å². The highest BCUT2D eigenvalue weighted by molar-refractivity contribution is 6.33. The topological polar surface area (TPSA) is 49.9 Å². The van der Waals surface area contributed by atoms with E-state index >= 15 is 0 Å². The predicted octanol–water partition coefficient (Wildman–Crippen LogP) is 4.10. The van der Waals surface area contributed by atoms with Crippen molar-refractivity contribution >= 4 is 11.6 Å². The van der Waals surface area contributed by atoms with Crippen LogP contribution < -0.4 is 4.74 Å². The molecular formula is C28H28N2O3. The second-order valence-electron chi connectivity index (χ2n) is 8.84. The first-order valence-corrected chi connectivity index (χ1v) is 11.4. The molecule has 5 heteroatoms. The molecule has 0 spiro atoms. The molecule has 0 amide bonds. The SMILES string of the molecule is COc1ccc2c(c1)C(=O)C(c1ccccc1)(N1CCN(Cc3ccccc3C)CC1)C2=O. The minimum atomic E-state index is -1.31. The number of methoxy groups -OCH3 is 1. The Bertz CT molecular complexity index is 1200. The number of rotatable bonds is 5. The van der Waals surface area contributed by atoms with Crippen molar-refractivity contribution < 1.29 is 14.3 Å². The minimum Gasteiger partial charge on any atom is -0.497 e. The van der Waals surface area contributed by atoms with Crippen LogP contribution in [0.15, 0.2) is 72.8 Å². The van der Waals surface area contributed by atoms with Gasteiger partial charge in [0.25, 0.3) is 0 Å². The lowest BCUT2D eigenvalue weighted by Crippen LogP contribution is -2.60. The Balaban J connectivity index is 1.48. The third kappa shape index (κ3) is 3.48. The van der Waals surface area contributed by atoms with Crippen molar-refractivity contribution in [2.75, 3.05) is 33.3 Å². The summed E-state index contributed by atoms with van der Waals surface area (Å²) in [4.78, 5) is 32.4. The largest absolute Gasteiger partial charge is 0.497 e. The standard InChI is InChI=1S/C28H28N2O3/c1-20-8-6-7-9-21(20)19-29-14-16-30(17-15-29)28(22-10-4-3-5-11-22)26(31)24-13-12-23(33-2)18-25(24)27(28)32/h3-13,18H,14-17,19H2,1-2H3. The van der Waals surface area contributed by atoms with Gasteiger partial charge in [-0.2, -0.15) is 0 Å². The second-order valence-corrected chi connectivity index (χ2v) is 8.84. The molecule has 5 rings (SSSR count). The zero-order valence-corrected chi connectivity index (χ0v) is 19.1. The van der Waals surface area contributed by atoms with E-state index in [4.69, 9.17) is 4.74 Å². The molecule has 1 heterocycles. The summed E-state index contributed by atoms with van der Waals surface area (Å²) in [6.45, 7) is 5.88. The van der Waals surface area contributed by atoms with E-state index in [1.54, 1.807) is 25.3 Å². The summed E-state index contributed by atoms with van der Waals surface area (Å²) in [7, 11) is 1.57. The molecule has 1 atom stereocenters. The number of hydrogen-bond acceptors (Lipinski definition) is 5. The Labute approximate surface area is 194 Å². The lowest BCUT2D eigenvalue weighted by Gasteiger charge is -2.44. The molecule has 1 saturated heterocycles. The van der Waals surface area contributed by atoms with Crippen LogP contribution in [0.5, 0.6) is 5.75 Å². The molecular weight excluding hydrogens is 412 g/mol. The van der Waals surface area contributed by atoms with Gasteiger partial charge in [-0.3, -0.25) is 19.4 Å². The average molecular weight is 441 g/mol. The number of aryl methyl sites for hydroxylation is 1. The number of carbonyl (C=O) groups is 2. The van der Waals surface area contributed by atoms with Gasteiger partial charge in [0.1, 0.15) is 5.75 Å². The average Bonchev–Trinajstić information content (AvgIpc) is 3.08. The summed E-state index contributed by atoms with van der Waals surface area (Å²) >= 11 is 0. The van der Waals surface area contributed by atoms with Crippen molar-refractivity contribution in [1.29, 1.82) is 0 Å². The van der Waals surface area contributed by atoms with Gasteiger partial charge in [-0.25, -0.2) is 0 Å². The molecule has 2 aliphatic rings. The van der Waals surface area contributed by atoms with Crippen LogP contribution >= 0.6 is 0 Å². The second kappa shape index (κ2) is 8.58. The number of ketones is 2. The zero-order chi connectivity index (χ0) is 23.0. The van der Waals surface area contributed by atoms with Crippen molar-refractivity contribution in [3.05, 3.63) is 101 Å². The highest BCUT2D eigenvalue weighted by atomic mass is 16.5. The lowest BCUT2D eigenvalue weighted by molar-refractivity contribution is 0.0279. The number of piperazine rings is 1. The minimum absolute atomic E-state index is 0.135. The predicted molar refractivity (Wildman–Crippen MR) is 128 cm³/mol. The molecule has 168 valence electrons. The summed E-state index contributed by atoms with van der Waals surface area (Å²) in [5, 5.41) is 0. The number of carbonyl (C=O) groups excluding carboxylic acids is 2. The number of fused-ring (bicyclic) bond motifs is 1. The van der Waals surface area contributed by atoms with E-state index in [0.29, 0.717) is 30.0 Å². The molecule has 0 N–H and O–H groups in total. The summed E-state index contributed by atoms with van der Waals surface area (Å²) in [5.41, 5.74) is 2.95. The van der Waals surface area contributed by atoms with Crippen LogP contribution in [0.1, 0.15) is 37.4 Å². The van der Waals surface area contributed by atoms with Crippen molar-refractivity contribution in [3.63, 3.8) is 0 Å². The summed E-state index contributed by atoms with van der Waals surface area (Å²) in [5.74, 6) is 0.297. The third-order valence-corrected chi connectivity index (χ3v) is 7.07. The Morgan fingerprint density at radius 1 is 0.818 bits per heavy atom. The Kier molecular flexibility index (Phi) is 5.60. The summed E-state index contributed by atoms with van der Waals surface area (Å²) < 4.78 is 5.34. The third-order valence-electron chi connectivity index (χ3n) is 7.07. The molecule has 0 aromatic heterocycles. The van der Waals surface area contributed by atoms with Gasteiger partial charge in [-0.1, -0.05) is 54.6 Å². The normalized spacial score (nSPS) is 21.3. The van der Waals surface area contributed by atoms with Gasteiger partial charge in [0.2, 0.25) is 0 Å². The summed E-state index contributed by atoms with van der Waals surface area (Å²) in [6, 6.07) is 23.1. The van der Waals surface area contributed by atoms with E-state index in [-0.39, 0.29) is 11.6 Å². The first-order valence-electron chi connectivity index (χ1n) is 11.4. The van der Waals surface area contributed by atoms with Gasteiger partial charge in [0.15, 0.2) is 17.1 Å². The van der Waals surface area contributed by atoms with Gasteiger partial charge < -0.3 is 4.74 Å². The van der Waals surface area contributed by atoms with E-state index < -0.39 is 5.54 Å². The van der Waals surface area contributed by atoms with E-state index in [9.17, 15) is 9.59 Å². The van der Waals surface area contributed by atoms with Crippen LogP contribution in [0.4, 0.5) is 0 Å². The maximum atomic E-state index is 14.0. The number of ether oxygens (including phenoxy) is 1.